The molecule has 6 heteroatoms. The number of anilines is 1. The number of aromatic nitrogens is 2. The molecule has 0 amide bonds. The zero-order valence-corrected chi connectivity index (χ0v) is 13.4. The molecule has 0 radical (unpaired) electrons. The zero-order chi connectivity index (χ0) is 16.6. The zero-order valence-electron chi connectivity index (χ0n) is 13.4. The van der Waals surface area contributed by atoms with Crippen LogP contribution in [-0.2, 0) is 14.1 Å². The van der Waals surface area contributed by atoms with Crippen molar-refractivity contribution in [1.82, 2.24) is 9.13 Å². The van der Waals surface area contributed by atoms with Gasteiger partial charge in [-0.1, -0.05) is 18.2 Å². The number of hydrogen-bond donors (Lipinski definition) is 0. The van der Waals surface area contributed by atoms with Gasteiger partial charge in [0.25, 0.3) is 5.56 Å². The number of fused-ring (bicyclic) bond motifs is 1. The van der Waals surface area contributed by atoms with Crippen molar-refractivity contribution in [2.75, 3.05) is 18.5 Å². The van der Waals surface area contributed by atoms with Gasteiger partial charge in [0, 0.05) is 33.3 Å². The first-order valence-electron chi connectivity index (χ1n) is 7.43. The molecular weight excluding hydrogens is 294 g/mol. The molecule has 2 aromatic rings. The fourth-order valence-electron chi connectivity index (χ4n) is 2.84. The average Bonchev–Trinajstić information content (AvgIpc) is 2.57. The van der Waals surface area contributed by atoms with Crippen LogP contribution in [0.15, 0.2) is 46.2 Å². The maximum atomic E-state index is 12.6. The third-order valence-corrected chi connectivity index (χ3v) is 4.11. The molecule has 1 aliphatic rings. The van der Waals surface area contributed by atoms with Crippen molar-refractivity contribution in [2.45, 2.75) is 6.42 Å². The molecule has 0 saturated heterocycles. The molecule has 0 spiro atoms. The highest BCUT2D eigenvalue weighted by Crippen LogP contribution is 2.30. The van der Waals surface area contributed by atoms with Crippen LogP contribution in [0.1, 0.15) is 12.0 Å². The Morgan fingerprint density at radius 3 is 2.43 bits per heavy atom. The lowest BCUT2D eigenvalue weighted by Gasteiger charge is -2.30. The molecule has 120 valence electrons. The van der Waals surface area contributed by atoms with Crippen LogP contribution in [-0.4, -0.2) is 22.7 Å². The number of para-hydroxylation sites is 1. The smallest absolute Gasteiger partial charge is 0.332 e. The number of rotatable bonds is 2. The second-order valence-corrected chi connectivity index (χ2v) is 5.65. The predicted octanol–water partition coefficient (Wildman–Crippen LogP) is 1.34. The number of benzene rings is 1. The van der Waals surface area contributed by atoms with Crippen LogP contribution in [0.5, 0.6) is 5.75 Å². The van der Waals surface area contributed by atoms with E-state index in [1.54, 1.807) is 13.3 Å². The lowest BCUT2D eigenvalue weighted by molar-refractivity contribution is 0.480. The van der Waals surface area contributed by atoms with E-state index in [-0.39, 0.29) is 11.2 Å². The average molecular weight is 313 g/mol. The summed E-state index contributed by atoms with van der Waals surface area (Å²) in [5.74, 6) is 1.34. The van der Waals surface area contributed by atoms with E-state index in [1.165, 1.54) is 11.6 Å². The molecule has 6 nitrogen and oxygen atoms in total. The number of nitrogens with zero attached hydrogens (tertiary/aromatic N) is 3. The first-order valence-corrected chi connectivity index (χ1v) is 7.43. The van der Waals surface area contributed by atoms with Crippen molar-refractivity contribution in [3.63, 3.8) is 0 Å². The standard InChI is InChI=1S/C17H19N3O3/c1-18-10-9-12(11-23-13-7-5-4-6-8-13)14-15(18)19(2)17(22)20(3)16(14)21/h4-8,11H,9-10H2,1-3H3/b12-11-. The van der Waals surface area contributed by atoms with E-state index in [0.29, 0.717) is 23.6 Å². The minimum Gasteiger partial charge on any atom is -0.465 e. The molecular formula is C17H19N3O3. The SMILES string of the molecule is CN1CC/C(=C/Oc2ccccc2)c2c1n(C)c(=O)n(C)c2=O. The Labute approximate surface area is 133 Å². The fourth-order valence-corrected chi connectivity index (χ4v) is 2.84. The van der Waals surface area contributed by atoms with E-state index < -0.39 is 0 Å². The van der Waals surface area contributed by atoms with Crippen molar-refractivity contribution in [3.8, 4) is 5.75 Å². The summed E-state index contributed by atoms with van der Waals surface area (Å²) >= 11 is 0. The van der Waals surface area contributed by atoms with Gasteiger partial charge >= 0.3 is 5.69 Å². The molecule has 2 heterocycles. The molecule has 0 saturated carbocycles. The summed E-state index contributed by atoms with van der Waals surface area (Å²) in [5.41, 5.74) is 0.709. The van der Waals surface area contributed by atoms with E-state index in [0.717, 1.165) is 16.7 Å². The monoisotopic (exact) mass is 313 g/mol. The highest BCUT2D eigenvalue weighted by molar-refractivity contribution is 5.76. The van der Waals surface area contributed by atoms with Crippen molar-refractivity contribution in [2.24, 2.45) is 14.1 Å². The normalized spacial score (nSPS) is 15.6. The van der Waals surface area contributed by atoms with Crippen molar-refractivity contribution >= 4 is 11.4 Å². The Bertz CT molecular complexity index is 878. The van der Waals surface area contributed by atoms with Gasteiger partial charge in [-0.25, -0.2) is 4.79 Å². The summed E-state index contributed by atoms with van der Waals surface area (Å²) in [5, 5.41) is 0. The van der Waals surface area contributed by atoms with Gasteiger partial charge in [-0.3, -0.25) is 13.9 Å². The largest absolute Gasteiger partial charge is 0.465 e. The van der Waals surface area contributed by atoms with E-state index in [9.17, 15) is 9.59 Å². The lowest BCUT2D eigenvalue weighted by Crippen LogP contribution is -2.44. The maximum Gasteiger partial charge on any atom is 0.332 e. The van der Waals surface area contributed by atoms with Crippen LogP contribution in [0, 0.1) is 0 Å². The van der Waals surface area contributed by atoms with Crippen molar-refractivity contribution in [1.29, 1.82) is 0 Å². The van der Waals surface area contributed by atoms with Crippen molar-refractivity contribution < 1.29 is 4.74 Å². The molecule has 0 atom stereocenters. The Balaban J connectivity index is 2.13. The summed E-state index contributed by atoms with van der Waals surface area (Å²) < 4.78 is 8.33. The Kier molecular flexibility index (Phi) is 3.82. The van der Waals surface area contributed by atoms with Gasteiger partial charge in [-0.15, -0.1) is 0 Å². The lowest BCUT2D eigenvalue weighted by atomic mass is 10.0. The summed E-state index contributed by atoms with van der Waals surface area (Å²) in [6, 6.07) is 9.40. The first kappa shape index (κ1) is 15.1. The molecule has 0 bridgehead atoms. The molecule has 1 aromatic heterocycles. The van der Waals surface area contributed by atoms with Crippen LogP contribution in [0.25, 0.3) is 5.57 Å². The van der Waals surface area contributed by atoms with E-state index in [1.807, 2.05) is 42.3 Å². The van der Waals surface area contributed by atoms with Crippen LogP contribution in [0.4, 0.5) is 5.82 Å². The second-order valence-electron chi connectivity index (χ2n) is 5.65. The third-order valence-electron chi connectivity index (χ3n) is 4.11. The number of hydrogen-bond acceptors (Lipinski definition) is 4. The number of ether oxygens (including phenoxy) is 1. The van der Waals surface area contributed by atoms with E-state index in [4.69, 9.17) is 4.74 Å². The molecule has 1 aliphatic heterocycles. The highest BCUT2D eigenvalue weighted by atomic mass is 16.5. The maximum absolute atomic E-state index is 12.6. The first-order chi connectivity index (χ1) is 11.0. The Morgan fingerprint density at radius 1 is 1.04 bits per heavy atom. The predicted molar refractivity (Wildman–Crippen MR) is 89.9 cm³/mol. The van der Waals surface area contributed by atoms with Gasteiger partial charge in [0.2, 0.25) is 0 Å². The summed E-state index contributed by atoms with van der Waals surface area (Å²) in [4.78, 5) is 26.7. The minimum atomic E-state index is -0.328. The van der Waals surface area contributed by atoms with E-state index in [2.05, 4.69) is 0 Å². The van der Waals surface area contributed by atoms with Gasteiger partial charge in [-0.2, -0.15) is 0 Å². The van der Waals surface area contributed by atoms with Crippen LogP contribution in [0.3, 0.4) is 0 Å². The fraction of sp³-hybridized carbons (Fsp3) is 0.294. The molecule has 23 heavy (non-hydrogen) atoms. The second kappa shape index (κ2) is 5.79. The van der Waals surface area contributed by atoms with Gasteiger partial charge < -0.3 is 9.64 Å². The topological polar surface area (TPSA) is 56.5 Å². The minimum absolute atomic E-state index is 0.294. The molecule has 0 fully saturated rings. The Hall–Kier alpha value is -2.76. The van der Waals surface area contributed by atoms with Gasteiger partial charge in [0.15, 0.2) is 0 Å². The van der Waals surface area contributed by atoms with Crippen molar-refractivity contribution in [3.05, 3.63) is 63.0 Å². The van der Waals surface area contributed by atoms with Crippen LogP contribution >= 0.6 is 0 Å². The van der Waals surface area contributed by atoms with E-state index >= 15 is 0 Å². The summed E-state index contributed by atoms with van der Waals surface area (Å²) in [7, 11) is 5.06. The molecule has 0 aliphatic carbocycles. The molecule has 1 aromatic carbocycles. The van der Waals surface area contributed by atoms with Crippen LogP contribution < -0.4 is 20.9 Å². The van der Waals surface area contributed by atoms with Gasteiger partial charge in [-0.05, 0) is 18.6 Å². The third kappa shape index (κ3) is 2.56. The molecule has 3 rings (SSSR count). The van der Waals surface area contributed by atoms with Gasteiger partial charge in [0.1, 0.15) is 11.6 Å². The summed E-state index contributed by atoms with van der Waals surface area (Å²) in [6.45, 7) is 0.720. The molecule has 0 unspecified atom stereocenters. The quantitative estimate of drug-likeness (QED) is 0.785. The highest BCUT2D eigenvalue weighted by Gasteiger charge is 2.26. The van der Waals surface area contributed by atoms with Crippen LogP contribution in [0.2, 0.25) is 0 Å². The summed E-state index contributed by atoms with van der Waals surface area (Å²) in [6.07, 6.45) is 2.30. The molecule has 0 N–H and O–H groups in total. The van der Waals surface area contributed by atoms with Gasteiger partial charge in [0.05, 0.1) is 11.8 Å². The Morgan fingerprint density at radius 2 is 1.74 bits per heavy atom.